The molecule has 1 aliphatic carbocycles. The second-order valence-corrected chi connectivity index (χ2v) is 6.52. The summed E-state index contributed by atoms with van der Waals surface area (Å²) in [4.78, 5) is 0. The molecule has 0 saturated heterocycles. The van der Waals surface area contributed by atoms with Crippen molar-refractivity contribution in [2.24, 2.45) is 5.73 Å². The number of ether oxygens (including phenoxy) is 1. The van der Waals surface area contributed by atoms with Gasteiger partial charge in [0.05, 0.1) is 11.1 Å². The van der Waals surface area contributed by atoms with Crippen LogP contribution in [0.1, 0.15) is 36.0 Å². The van der Waals surface area contributed by atoms with Crippen LogP contribution in [-0.2, 0) is 12.8 Å². The van der Waals surface area contributed by atoms with Crippen LogP contribution >= 0.6 is 31.9 Å². The van der Waals surface area contributed by atoms with Crippen molar-refractivity contribution in [3.05, 3.63) is 25.6 Å². The summed E-state index contributed by atoms with van der Waals surface area (Å²) in [6.07, 6.45) is 3.30. The molecule has 0 fully saturated rings. The lowest BCUT2D eigenvalue weighted by Gasteiger charge is -2.19. The summed E-state index contributed by atoms with van der Waals surface area (Å²) in [7, 11) is 0. The predicted molar refractivity (Wildman–Crippen MR) is 75.8 cm³/mol. The molecule has 1 aromatic carbocycles. The maximum Gasteiger partial charge on any atom is 0.138 e. The second kappa shape index (κ2) is 4.25. The maximum atomic E-state index is 6.13. The van der Waals surface area contributed by atoms with E-state index in [0.717, 1.165) is 40.6 Å². The van der Waals surface area contributed by atoms with Gasteiger partial charge in [0.2, 0.25) is 0 Å². The van der Waals surface area contributed by atoms with Crippen LogP contribution in [0.25, 0.3) is 0 Å². The summed E-state index contributed by atoms with van der Waals surface area (Å²) in [6, 6.07) is 0.217. The lowest BCUT2D eigenvalue weighted by Crippen LogP contribution is -2.23. The van der Waals surface area contributed by atoms with Crippen LogP contribution in [-0.4, -0.2) is 12.6 Å². The minimum absolute atomic E-state index is 0.217. The Kier molecular flexibility index (Phi) is 3.00. The minimum Gasteiger partial charge on any atom is -0.492 e. The average molecular weight is 361 g/mol. The van der Waals surface area contributed by atoms with Crippen molar-refractivity contribution in [3.8, 4) is 5.75 Å². The summed E-state index contributed by atoms with van der Waals surface area (Å²) in [5.74, 6) is 1.52. The first-order valence-electron chi connectivity index (χ1n) is 6.02. The van der Waals surface area contributed by atoms with E-state index in [1.807, 2.05) is 0 Å². The zero-order valence-corrected chi connectivity index (χ0v) is 12.9. The third kappa shape index (κ3) is 1.68. The summed E-state index contributed by atoms with van der Waals surface area (Å²) in [5, 5.41) is 0. The zero-order valence-electron chi connectivity index (χ0n) is 9.72. The number of fused-ring (bicyclic) bond motifs is 3. The van der Waals surface area contributed by atoms with E-state index >= 15 is 0 Å². The van der Waals surface area contributed by atoms with Gasteiger partial charge in [0, 0.05) is 22.5 Å². The van der Waals surface area contributed by atoms with Crippen molar-refractivity contribution in [3.63, 3.8) is 0 Å². The van der Waals surface area contributed by atoms with Gasteiger partial charge in [-0.25, -0.2) is 0 Å². The van der Waals surface area contributed by atoms with E-state index in [1.54, 1.807) is 0 Å². The molecule has 3 rings (SSSR count). The minimum atomic E-state index is 0.217. The molecular weight excluding hydrogens is 346 g/mol. The molecule has 2 aliphatic rings. The van der Waals surface area contributed by atoms with Gasteiger partial charge >= 0.3 is 0 Å². The highest BCUT2D eigenvalue weighted by Gasteiger charge is 2.35. The first-order chi connectivity index (χ1) is 8.11. The van der Waals surface area contributed by atoms with E-state index in [4.69, 9.17) is 10.5 Å². The van der Waals surface area contributed by atoms with Gasteiger partial charge in [-0.2, -0.15) is 0 Å². The fraction of sp³-hybridized carbons (Fsp3) is 0.538. The smallest absolute Gasteiger partial charge is 0.138 e. The third-order valence-corrected chi connectivity index (χ3v) is 6.05. The van der Waals surface area contributed by atoms with Crippen molar-refractivity contribution in [1.82, 2.24) is 0 Å². The van der Waals surface area contributed by atoms with Gasteiger partial charge in [0.15, 0.2) is 0 Å². The van der Waals surface area contributed by atoms with Crippen molar-refractivity contribution in [1.29, 1.82) is 0 Å². The second-order valence-electron chi connectivity index (χ2n) is 4.93. The number of halogens is 2. The maximum absolute atomic E-state index is 6.13. The molecule has 1 unspecified atom stereocenters. The molecule has 1 aromatic rings. The normalized spacial score (nSPS) is 23.2. The molecule has 92 valence electrons. The predicted octanol–water partition coefficient (Wildman–Crippen LogP) is 3.52. The highest BCUT2D eigenvalue weighted by molar-refractivity contribution is 9.13. The van der Waals surface area contributed by atoms with E-state index in [1.165, 1.54) is 16.7 Å². The molecule has 2 atom stereocenters. The van der Waals surface area contributed by atoms with Gasteiger partial charge in [-0.05, 0) is 68.7 Å². The molecule has 17 heavy (non-hydrogen) atoms. The number of nitrogens with two attached hydrogens (primary N) is 1. The standard InChI is InChI=1S/C13H15Br2NO/c1-6(16)7-2-3-8-10(7)9-4-5-17-13(9)12(15)11(8)14/h6-7H,2-5,16H2,1H3/t6?,7-/m1/s1. The molecule has 0 spiro atoms. The van der Waals surface area contributed by atoms with Crippen LogP contribution in [0.4, 0.5) is 0 Å². The van der Waals surface area contributed by atoms with E-state index in [9.17, 15) is 0 Å². The van der Waals surface area contributed by atoms with Crippen molar-refractivity contribution < 1.29 is 4.74 Å². The summed E-state index contributed by atoms with van der Waals surface area (Å²) < 4.78 is 7.99. The highest BCUT2D eigenvalue weighted by Crippen LogP contribution is 2.50. The monoisotopic (exact) mass is 359 g/mol. The summed E-state index contributed by atoms with van der Waals surface area (Å²) in [6.45, 7) is 2.90. The van der Waals surface area contributed by atoms with Gasteiger partial charge in [0.1, 0.15) is 5.75 Å². The van der Waals surface area contributed by atoms with Crippen molar-refractivity contribution in [2.75, 3.05) is 6.61 Å². The molecule has 2 N–H and O–H groups in total. The zero-order chi connectivity index (χ0) is 12.2. The van der Waals surface area contributed by atoms with Crippen molar-refractivity contribution in [2.45, 2.75) is 38.1 Å². The summed E-state index contributed by atoms with van der Waals surface area (Å²) in [5.41, 5.74) is 10.4. The van der Waals surface area contributed by atoms with Crippen molar-refractivity contribution >= 4 is 31.9 Å². The first kappa shape index (κ1) is 12.0. The molecule has 4 heteroatoms. The first-order valence-corrected chi connectivity index (χ1v) is 7.60. The van der Waals surface area contributed by atoms with Gasteiger partial charge in [-0.1, -0.05) is 0 Å². The fourth-order valence-electron chi connectivity index (χ4n) is 3.10. The van der Waals surface area contributed by atoms with Crippen LogP contribution in [0, 0.1) is 0 Å². The Bertz CT molecular complexity index is 485. The largest absolute Gasteiger partial charge is 0.492 e. The molecule has 0 saturated carbocycles. The van der Waals surface area contributed by atoms with E-state index in [2.05, 4.69) is 38.8 Å². The number of benzene rings is 1. The number of hydrogen-bond acceptors (Lipinski definition) is 2. The molecular formula is C13H15Br2NO. The molecule has 0 bridgehead atoms. The van der Waals surface area contributed by atoms with Gasteiger partial charge < -0.3 is 10.5 Å². The fourth-order valence-corrected chi connectivity index (χ4v) is 4.29. The molecule has 0 aromatic heterocycles. The molecule has 0 radical (unpaired) electrons. The average Bonchev–Trinajstić information content (AvgIpc) is 2.90. The highest BCUT2D eigenvalue weighted by atomic mass is 79.9. The van der Waals surface area contributed by atoms with Gasteiger partial charge in [-0.15, -0.1) is 0 Å². The van der Waals surface area contributed by atoms with Gasteiger partial charge in [-0.3, -0.25) is 0 Å². The van der Waals surface area contributed by atoms with E-state index in [0.29, 0.717) is 5.92 Å². The van der Waals surface area contributed by atoms with Crippen LogP contribution in [0.3, 0.4) is 0 Å². The summed E-state index contributed by atoms with van der Waals surface area (Å²) >= 11 is 7.33. The van der Waals surface area contributed by atoms with Crippen LogP contribution in [0.15, 0.2) is 8.95 Å². The Labute approximate surface area is 118 Å². The van der Waals surface area contributed by atoms with Crippen LogP contribution < -0.4 is 10.5 Å². The number of hydrogen-bond donors (Lipinski definition) is 1. The Morgan fingerprint density at radius 1 is 1.24 bits per heavy atom. The van der Waals surface area contributed by atoms with Gasteiger partial charge in [0.25, 0.3) is 0 Å². The lowest BCUT2D eigenvalue weighted by atomic mass is 9.90. The Hall–Kier alpha value is -0.0600. The SMILES string of the molecule is CC(N)[C@H]1CCc2c(Br)c(Br)c3c(c21)CCO3. The number of rotatable bonds is 1. The molecule has 1 aliphatic heterocycles. The third-order valence-electron chi connectivity index (χ3n) is 3.89. The molecule has 0 amide bonds. The van der Waals surface area contributed by atoms with Crippen LogP contribution in [0.5, 0.6) is 5.75 Å². The quantitative estimate of drug-likeness (QED) is 0.831. The lowest BCUT2D eigenvalue weighted by molar-refractivity contribution is 0.354. The Balaban J connectivity index is 2.25. The molecule has 1 heterocycles. The Morgan fingerprint density at radius 2 is 2.00 bits per heavy atom. The molecule has 2 nitrogen and oxygen atoms in total. The topological polar surface area (TPSA) is 35.2 Å². The van der Waals surface area contributed by atoms with Crippen LogP contribution in [0.2, 0.25) is 0 Å². The van der Waals surface area contributed by atoms with E-state index in [-0.39, 0.29) is 6.04 Å². The Morgan fingerprint density at radius 3 is 2.71 bits per heavy atom. The van der Waals surface area contributed by atoms with E-state index < -0.39 is 0 Å².